The number of hydrogen-bond acceptors (Lipinski definition) is 4. The normalized spacial score (nSPS) is 11.4. The molecule has 1 aromatic heterocycles. The minimum absolute atomic E-state index is 0.267. The predicted molar refractivity (Wildman–Crippen MR) is 84.1 cm³/mol. The number of benzene rings is 1. The molecule has 1 atom stereocenters. The average Bonchev–Trinajstić information content (AvgIpc) is 2.51. The van der Waals surface area contributed by atoms with Crippen molar-refractivity contribution in [2.24, 2.45) is 0 Å². The van der Waals surface area contributed by atoms with Gasteiger partial charge in [-0.05, 0) is 37.3 Å². The number of hydrogen-bond donors (Lipinski definition) is 1. The van der Waals surface area contributed by atoms with Gasteiger partial charge < -0.3 is 10.1 Å². The Balaban J connectivity index is 2.02. The summed E-state index contributed by atoms with van der Waals surface area (Å²) in [5.74, 6) is 0.318. The molecule has 0 aliphatic heterocycles. The number of carbonyl (C=O) groups is 1. The van der Waals surface area contributed by atoms with Crippen LogP contribution in [0.3, 0.4) is 0 Å². The Morgan fingerprint density at radius 2 is 2.14 bits per heavy atom. The van der Waals surface area contributed by atoms with E-state index in [4.69, 9.17) is 33.2 Å². The second-order valence-electron chi connectivity index (χ2n) is 4.37. The molecule has 1 N–H and O–H groups in total. The number of nitrogens with zero attached hydrogens (tertiary/aromatic N) is 2. The minimum Gasteiger partial charge on any atom is -0.479 e. The smallest absolute Gasteiger partial charge is 0.266 e. The van der Waals surface area contributed by atoms with E-state index in [1.165, 1.54) is 12.3 Å². The van der Waals surface area contributed by atoms with Gasteiger partial charge in [-0.1, -0.05) is 23.2 Å². The SMILES string of the molecule is C[C@H](Oc1ccc(C#N)cc1Cl)C(=O)Nc1ccc(Cl)cn1. The summed E-state index contributed by atoms with van der Waals surface area (Å²) in [5.41, 5.74) is 0.416. The molecule has 2 rings (SSSR count). The van der Waals surface area contributed by atoms with E-state index in [1.807, 2.05) is 6.07 Å². The van der Waals surface area contributed by atoms with Crippen LogP contribution in [-0.4, -0.2) is 17.0 Å². The Hall–Kier alpha value is -2.29. The molecule has 112 valence electrons. The number of amides is 1. The van der Waals surface area contributed by atoms with Crippen molar-refractivity contribution in [2.45, 2.75) is 13.0 Å². The number of carbonyl (C=O) groups excluding carboxylic acids is 1. The number of nitrogens with one attached hydrogen (secondary N) is 1. The van der Waals surface area contributed by atoms with E-state index in [2.05, 4.69) is 10.3 Å². The molecule has 0 radical (unpaired) electrons. The molecule has 7 heteroatoms. The largest absolute Gasteiger partial charge is 0.479 e. The first-order valence-electron chi connectivity index (χ1n) is 6.28. The lowest BCUT2D eigenvalue weighted by molar-refractivity contribution is -0.122. The van der Waals surface area contributed by atoms with Gasteiger partial charge in [-0.3, -0.25) is 4.79 Å². The Morgan fingerprint density at radius 3 is 2.73 bits per heavy atom. The molecule has 0 fully saturated rings. The van der Waals surface area contributed by atoms with Gasteiger partial charge in [0.25, 0.3) is 5.91 Å². The summed E-state index contributed by atoms with van der Waals surface area (Å²) in [6.45, 7) is 1.58. The lowest BCUT2D eigenvalue weighted by atomic mass is 10.2. The van der Waals surface area contributed by atoms with E-state index in [1.54, 1.807) is 31.2 Å². The standard InChI is InChI=1S/C15H11Cl2N3O2/c1-9(15(21)20-14-5-3-11(16)8-19-14)22-13-4-2-10(7-18)6-12(13)17/h2-6,8-9H,1H3,(H,19,20,21)/t9-/m0/s1. The Kier molecular flexibility index (Phi) is 5.21. The number of nitriles is 1. The highest BCUT2D eigenvalue weighted by Gasteiger charge is 2.17. The maximum atomic E-state index is 12.0. The summed E-state index contributed by atoms with van der Waals surface area (Å²) in [6, 6.07) is 9.76. The summed E-state index contributed by atoms with van der Waals surface area (Å²) >= 11 is 11.7. The van der Waals surface area contributed by atoms with E-state index in [9.17, 15) is 4.79 Å². The van der Waals surface area contributed by atoms with E-state index in [0.29, 0.717) is 22.2 Å². The van der Waals surface area contributed by atoms with Crippen molar-refractivity contribution in [2.75, 3.05) is 5.32 Å². The van der Waals surface area contributed by atoms with E-state index >= 15 is 0 Å². The van der Waals surface area contributed by atoms with Gasteiger partial charge in [-0.2, -0.15) is 5.26 Å². The van der Waals surface area contributed by atoms with Crippen LogP contribution in [0.4, 0.5) is 5.82 Å². The maximum absolute atomic E-state index is 12.0. The van der Waals surface area contributed by atoms with Gasteiger partial charge in [-0.25, -0.2) is 4.98 Å². The first kappa shape index (κ1) is 16.1. The van der Waals surface area contributed by atoms with Crippen LogP contribution < -0.4 is 10.1 Å². The molecule has 1 aromatic carbocycles. The fourth-order valence-corrected chi connectivity index (χ4v) is 1.92. The monoisotopic (exact) mass is 335 g/mol. The number of aromatic nitrogens is 1. The van der Waals surface area contributed by atoms with E-state index in [-0.39, 0.29) is 10.9 Å². The van der Waals surface area contributed by atoms with Crippen molar-refractivity contribution >= 4 is 34.9 Å². The van der Waals surface area contributed by atoms with Crippen LogP contribution in [0.1, 0.15) is 12.5 Å². The number of ether oxygens (including phenoxy) is 1. The Labute approximate surface area is 137 Å². The molecule has 0 aliphatic rings. The van der Waals surface area contributed by atoms with Crippen molar-refractivity contribution in [1.29, 1.82) is 5.26 Å². The molecule has 1 heterocycles. The van der Waals surface area contributed by atoms with Crippen LogP contribution in [0.25, 0.3) is 0 Å². The minimum atomic E-state index is -0.789. The molecule has 0 bridgehead atoms. The quantitative estimate of drug-likeness (QED) is 0.924. The van der Waals surface area contributed by atoms with Crippen LogP contribution in [0, 0.1) is 11.3 Å². The highest BCUT2D eigenvalue weighted by Crippen LogP contribution is 2.26. The molecule has 0 aliphatic carbocycles. The fourth-order valence-electron chi connectivity index (χ4n) is 1.59. The van der Waals surface area contributed by atoms with Gasteiger partial charge in [0.2, 0.25) is 0 Å². The van der Waals surface area contributed by atoms with Crippen molar-refractivity contribution in [3.05, 3.63) is 52.1 Å². The zero-order valence-electron chi connectivity index (χ0n) is 11.5. The molecule has 22 heavy (non-hydrogen) atoms. The third-order valence-corrected chi connectivity index (χ3v) is 3.23. The third kappa shape index (κ3) is 4.10. The molecule has 0 unspecified atom stereocenters. The zero-order valence-corrected chi connectivity index (χ0v) is 13.0. The maximum Gasteiger partial charge on any atom is 0.266 e. The van der Waals surface area contributed by atoms with Gasteiger partial charge >= 0.3 is 0 Å². The molecule has 2 aromatic rings. The summed E-state index contributed by atoms with van der Waals surface area (Å²) in [5, 5.41) is 12.1. The second kappa shape index (κ2) is 7.12. The van der Waals surface area contributed by atoms with Crippen molar-refractivity contribution < 1.29 is 9.53 Å². The topological polar surface area (TPSA) is 75.0 Å². The van der Waals surface area contributed by atoms with Gasteiger partial charge in [-0.15, -0.1) is 0 Å². The Morgan fingerprint density at radius 1 is 1.36 bits per heavy atom. The number of halogens is 2. The van der Waals surface area contributed by atoms with Crippen LogP contribution in [-0.2, 0) is 4.79 Å². The zero-order chi connectivity index (χ0) is 16.1. The average molecular weight is 336 g/mol. The summed E-state index contributed by atoms with van der Waals surface area (Å²) in [7, 11) is 0. The highest BCUT2D eigenvalue weighted by atomic mass is 35.5. The molecular weight excluding hydrogens is 325 g/mol. The lowest BCUT2D eigenvalue weighted by Gasteiger charge is -2.15. The highest BCUT2D eigenvalue weighted by molar-refractivity contribution is 6.32. The first-order chi connectivity index (χ1) is 10.5. The summed E-state index contributed by atoms with van der Waals surface area (Å²) in [4.78, 5) is 16.0. The van der Waals surface area contributed by atoms with Gasteiger partial charge in [0.1, 0.15) is 11.6 Å². The Bertz CT molecular complexity index is 727. The molecule has 0 saturated carbocycles. The third-order valence-electron chi connectivity index (χ3n) is 2.71. The predicted octanol–water partition coefficient (Wildman–Crippen LogP) is 3.67. The van der Waals surface area contributed by atoms with Crippen molar-refractivity contribution in [1.82, 2.24) is 4.98 Å². The number of anilines is 1. The van der Waals surface area contributed by atoms with Gasteiger partial charge in [0.05, 0.1) is 21.7 Å². The summed E-state index contributed by atoms with van der Waals surface area (Å²) in [6.07, 6.45) is 0.642. The molecular formula is C15H11Cl2N3O2. The summed E-state index contributed by atoms with van der Waals surface area (Å²) < 4.78 is 5.50. The molecule has 0 spiro atoms. The molecule has 5 nitrogen and oxygen atoms in total. The van der Waals surface area contributed by atoms with Crippen molar-refractivity contribution in [3.8, 4) is 11.8 Å². The fraction of sp³-hybridized carbons (Fsp3) is 0.133. The van der Waals surface area contributed by atoms with Crippen LogP contribution in [0.5, 0.6) is 5.75 Å². The first-order valence-corrected chi connectivity index (χ1v) is 7.04. The van der Waals surface area contributed by atoms with E-state index < -0.39 is 6.10 Å². The van der Waals surface area contributed by atoms with Crippen LogP contribution >= 0.6 is 23.2 Å². The lowest BCUT2D eigenvalue weighted by Crippen LogP contribution is -2.30. The van der Waals surface area contributed by atoms with Crippen LogP contribution in [0.15, 0.2) is 36.5 Å². The second-order valence-corrected chi connectivity index (χ2v) is 5.21. The molecule has 0 saturated heterocycles. The number of pyridine rings is 1. The molecule has 1 amide bonds. The van der Waals surface area contributed by atoms with Gasteiger partial charge in [0.15, 0.2) is 6.10 Å². The number of rotatable bonds is 4. The van der Waals surface area contributed by atoms with Gasteiger partial charge in [0, 0.05) is 6.20 Å². The van der Waals surface area contributed by atoms with Crippen LogP contribution in [0.2, 0.25) is 10.0 Å². The van der Waals surface area contributed by atoms with Crippen molar-refractivity contribution in [3.63, 3.8) is 0 Å². The van der Waals surface area contributed by atoms with E-state index in [0.717, 1.165) is 0 Å².